The summed E-state index contributed by atoms with van der Waals surface area (Å²) >= 11 is 0. The first-order valence-electron chi connectivity index (χ1n) is 11.4. The molecular weight excluding hydrogens is 404 g/mol. The molecule has 0 aromatic heterocycles. The predicted octanol–water partition coefficient (Wildman–Crippen LogP) is 4.52. The van der Waals surface area contributed by atoms with Gasteiger partial charge in [0.1, 0.15) is 5.75 Å². The van der Waals surface area contributed by atoms with E-state index in [1.807, 2.05) is 42.2 Å². The first-order chi connectivity index (χ1) is 15.5. The van der Waals surface area contributed by atoms with Crippen LogP contribution in [-0.2, 0) is 4.79 Å². The molecule has 1 unspecified atom stereocenters. The molecule has 2 aromatic carbocycles. The van der Waals surface area contributed by atoms with E-state index in [1.54, 1.807) is 19.2 Å². The molecule has 3 amide bonds. The molecule has 4 rings (SSSR count). The van der Waals surface area contributed by atoms with Gasteiger partial charge in [-0.15, -0.1) is 0 Å². The average Bonchev–Trinajstić information content (AvgIpc) is 2.97. The van der Waals surface area contributed by atoms with Crippen LogP contribution in [0.3, 0.4) is 0 Å². The Hall–Kier alpha value is -3.15. The topological polar surface area (TPSA) is 66.9 Å². The summed E-state index contributed by atoms with van der Waals surface area (Å²) in [6.45, 7) is 2.90. The zero-order chi connectivity index (χ0) is 22.7. The van der Waals surface area contributed by atoms with Crippen LogP contribution in [0.25, 0.3) is 0 Å². The molecule has 2 aliphatic rings. The van der Waals surface area contributed by atoms with Crippen molar-refractivity contribution in [2.45, 2.75) is 51.5 Å². The number of imide groups is 1. The number of carbonyl (C=O) groups is 3. The molecule has 1 atom stereocenters. The van der Waals surface area contributed by atoms with Gasteiger partial charge in [-0.25, -0.2) is 0 Å². The van der Waals surface area contributed by atoms with Crippen LogP contribution >= 0.6 is 0 Å². The van der Waals surface area contributed by atoms with E-state index in [2.05, 4.69) is 0 Å². The highest BCUT2D eigenvalue weighted by Gasteiger charge is 2.35. The van der Waals surface area contributed by atoms with Crippen molar-refractivity contribution in [1.82, 2.24) is 9.80 Å². The number of amides is 3. The number of likely N-dealkylation sites (tertiary alicyclic amines) is 1. The van der Waals surface area contributed by atoms with Crippen LogP contribution in [0.5, 0.6) is 5.75 Å². The number of methoxy groups -OCH3 is 1. The van der Waals surface area contributed by atoms with Gasteiger partial charge in [0, 0.05) is 19.5 Å². The van der Waals surface area contributed by atoms with Gasteiger partial charge in [0.05, 0.1) is 24.3 Å². The van der Waals surface area contributed by atoms with Gasteiger partial charge in [0.25, 0.3) is 11.8 Å². The standard InChI is InChI=1S/C26H30N2O4/c1-18-9-14-21-22(17-18)26(31)28(25(21)30)16-6-8-24(29)27-15-5-3-4-7-23(27)19-10-12-20(32-2)13-11-19/h9-14,17,23H,3-8,15-16H2,1-2H3. The van der Waals surface area contributed by atoms with Crippen molar-refractivity contribution in [3.63, 3.8) is 0 Å². The maximum absolute atomic E-state index is 13.2. The molecule has 0 radical (unpaired) electrons. The monoisotopic (exact) mass is 434 g/mol. The summed E-state index contributed by atoms with van der Waals surface area (Å²) in [6, 6.07) is 13.3. The number of aryl methyl sites for hydroxylation is 1. The van der Waals surface area contributed by atoms with Crippen LogP contribution in [0.2, 0.25) is 0 Å². The second kappa shape index (κ2) is 9.55. The van der Waals surface area contributed by atoms with Crippen LogP contribution < -0.4 is 4.74 Å². The number of rotatable bonds is 6. The Balaban J connectivity index is 1.40. The van der Waals surface area contributed by atoms with Crippen LogP contribution in [0.4, 0.5) is 0 Å². The second-order valence-corrected chi connectivity index (χ2v) is 8.64. The lowest BCUT2D eigenvalue weighted by atomic mass is 10.00. The summed E-state index contributed by atoms with van der Waals surface area (Å²) in [5.74, 6) is 0.368. The largest absolute Gasteiger partial charge is 0.497 e. The SMILES string of the molecule is COc1ccc(C2CCCCCN2C(=O)CCCN2C(=O)c3ccc(C)cc3C2=O)cc1. The van der Waals surface area contributed by atoms with Gasteiger partial charge in [-0.3, -0.25) is 19.3 Å². The lowest BCUT2D eigenvalue weighted by Crippen LogP contribution is -2.36. The number of ether oxygens (including phenoxy) is 1. The smallest absolute Gasteiger partial charge is 0.261 e. The third-order valence-electron chi connectivity index (χ3n) is 6.47. The van der Waals surface area contributed by atoms with Gasteiger partial charge in [-0.2, -0.15) is 0 Å². The third kappa shape index (κ3) is 4.40. The molecule has 0 aliphatic carbocycles. The van der Waals surface area contributed by atoms with E-state index in [0.29, 0.717) is 24.0 Å². The maximum Gasteiger partial charge on any atom is 0.261 e. The Morgan fingerprint density at radius 3 is 2.50 bits per heavy atom. The second-order valence-electron chi connectivity index (χ2n) is 8.64. The Morgan fingerprint density at radius 1 is 1.00 bits per heavy atom. The molecule has 0 saturated carbocycles. The minimum Gasteiger partial charge on any atom is -0.497 e. The molecule has 6 heteroatoms. The van der Waals surface area contributed by atoms with E-state index in [9.17, 15) is 14.4 Å². The van der Waals surface area contributed by atoms with Crippen molar-refractivity contribution in [2.24, 2.45) is 0 Å². The van der Waals surface area contributed by atoms with E-state index in [4.69, 9.17) is 4.74 Å². The molecule has 168 valence electrons. The van der Waals surface area contributed by atoms with E-state index in [0.717, 1.165) is 49.1 Å². The zero-order valence-corrected chi connectivity index (χ0v) is 18.8. The van der Waals surface area contributed by atoms with Gasteiger partial charge in [0.2, 0.25) is 5.91 Å². The molecule has 0 spiro atoms. The highest BCUT2D eigenvalue weighted by atomic mass is 16.5. The summed E-state index contributed by atoms with van der Waals surface area (Å²) in [5.41, 5.74) is 3.00. The predicted molar refractivity (Wildman–Crippen MR) is 122 cm³/mol. The number of nitrogens with zero attached hydrogens (tertiary/aromatic N) is 2. The third-order valence-corrected chi connectivity index (χ3v) is 6.47. The van der Waals surface area contributed by atoms with Crippen molar-refractivity contribution in [3.8, 4) is 5.75 Å². The van der Waals surface area contributed by atoms with Crippen molar-refractivity contribution in [2.75, 3.05) is 20.2 Å². The van der Waals surface area contributed by atoms with Gasteiger partial charge in [0.15, 0.2) is 0 Å². The van der Waals surface area contributed by atoms with Crippen LogP contribution in [0.15, 0.2) is 42.5 Å². The average molecular weight is 435 g/mol. The highest BCUT2D eigenvalue weighted by Crippen LogP contribution is 2.32. The minimum absolute atomic E-state index is 0.0539. The molecule has 0 N–H and O–H groups in total. The normalized spacial score (nSPS) is 18.5. The first-order valence-corrected chi connectivity index (χ1v) is 11.4. The molecule has 2 heterocycles. The van der Waals surface area contributed by atoms with Crippen LogP contribution in [0.1, 0.15) is 76.4 Å². The van der Waals surface area contributed by atoms with Crippen molar-refractivity contribution < 1.29 is 19.1 Å². The minimum atomic E-state index is -0.261. The van der Waals surface area contributed by atoms with Gasteiger partial charge in [-0.1, -0.05) is 36.6 Å². The lowest BCUT2D eigenvalue weighted by molar-refractivity contribution is -0.133. The number of carbonyl (C=O) groups excluding carboxylic acids is 3. The van der Waals surface area contributed by atoms with E-state index in [-0.39, 0.29) is 30.3 Å². The quantitative estimate of drug-likeness (QED) is 0.627. The Kier molecular flexibility index (Phi) is 6.58. The molecule has 1 saturated heterocycles. The van der Waals surface area contributed by atoms with Crippen molar-refractivity contribution >= 4 is 17.7 Å². The van der Waals surface area contributed by atoms with E-state index < -0.39 is 0 Å². The fourth-order valence-electron chi connectivity index (χ4n) is 4.72. The molecule has 0 bridgehead atoms. The van der Waals surface area contributed by atoms with Gasteiger partial charge >= 0.3 is 0 Å². The lowest BCUT2D eigenvalue weighted by Gasteiger charge is -2.31. The molecule has 32 heavy (non-hydrogen) atoms. The summed E-state index contributed by atoms with van der Waals surface area (Å²) in [7, 11) is 1.64. The van der Waals surface area contributed by atoms with Crippen LogP contribution in [-0.4, -0.2) is 47.7 Å². The number of hydrogen-bond donors (Lipinski definition) is 0. The van der Waals surface area contributed by atoms with Gasteiger partial charge < -0.3 is 9.64 Å². The molecule has 2 aliphatic heterocycles. The summed E-state index contributed by atoms with van der Waals surface area (Å²) < 4.78 is 5.26. The van der Waals surface area contributed by atoms with Crippen LogP contribution in [0, 0.1) is 6.92 Å². The van der Waals surface area contributed by atoms with E-state index >= 15 is 0 Å². The molecule has 1 fully saturated rings. The fraction of sp³-hybridized carbons (Fsp3) is 0.423. The van der Waals surface area contributed by atoms with Crippen molar-refractivity contribution in [3.05, 3.63) is 64.7 Å². The fourth-order valence-corrected chi connectivity index (χ4v) is 4.72. The Labute approximate surface area is 189 Å². The first kappa shape index (κ1) is 22.1. The Bertz CT molecular complexity index is 1010. The molecular formula is C26H30N2O4. The molecule has 2 aromatic rings. The van der Waals surface area contributed by atoms with Crippen molar-refractivity contribution in [1.29, 1.82) is 0 Å². The summed E-state index contributed by atoms with van der Waals surface area (Å²) in [6.07, 6.45) is 4.93. The van der Waals surface area contributed by atoms with E-state index in [1.165, 1.54) is 4.90 Å². The molecule has 6 nitrogen and oxygen atoms in total. The zero-order valence-electron chi connectivity index (χ0n) is 18.8. The number of fused-ring (bicyclic) bond motifs is 1. The maximum atomic E-state index is 13.2. The highest BCUT2D eigenvalue weighted by molar-refractivity contribution is 6.21. The number of benzene rings is 2. The Morgan fingerprint density at radius 2 is 1.75 bits per heavy atom. The summed E-state index contributed by atoms with van der Waals surface area (Å²) in [5, 5.41) is 0. The summed E-state index contributed by atoms with van der Waals surface area (Å²) in [4.78, 5) is 41.7. The number of hydrogen-bond acceptors (Lipinski definition) is 4. The van der Waals surface area contributed by atoms with Gasteiger partial charge in [-0.05, 0) is 56.0 Å².